The molecular weight excluding hydrogens is 346 g/mol. The number of hydrogen-bond donors (Lipinski definition) is 2. The zero-order valence-electron chi connectivity index (χ0n) is 13.6. The second-order valence-corrected chi connectivity index (χ2v) is 6.85. The number of fused-ring (bicyclic) bond motifs is 1. The average molecular weight is 364 g/mol. The zero-order valence-corrected chi connectivity index (χ0v) is 15.2. The number of halogens is 1. The van der Waals surface area contributed by atoms with Crippen molar-refractivity contribution in [3.05, 3.63) is 38.8 Å². The number of hydrogen-bond acceptors (Lipinski definition) is 5. The van der Waals surface area contributed by atoms with Crippen molar-refractivity contribution in [2.45, 2.75) is 26.8 Å². The summed E-state index contributed by atoms with van der Waals surface area (Å²) in [4.78, 5) is 20.2. The number of ether oxygens (including phenoxy) is 1. The number of nitrogens with zero attached hydrogens (tertiary/aromatic N) is 1. The van der Waals surface area contributed by atoms with Gasteiger partial charge >= 0.3 is 0 Å². The Hall–Kier alpha value is -2.05. The molecule has 3 rings (SSSR count). The fourth-order valence-electron chi connectivity index (χ4n) is 2.38. The Labute approximate surface area is 148 Å². The molecule has 0 atom stereocenters. The predicted molar refractivity (Wildman–Crippen MR) is 101 cm³/mol. The van der Waals surface area contributed by atoms with Crippen LogP contribution in [0.5, 0.6) is 5.75 Å². The van der Waals surface area contributed by atoms with E-state index >= 15 is 0 Å². The van der Waals surface area contributed by atoms with Gasteiger partial charge in [-0.3, -0.25) is 4.79 Å². The van der Waals surface area contributed by atoms with E-state index < -0.39 is 0 Å². The first-order valence-corrected chi connectivity index (χ1v) is 8.96. The third kappa shape index (κ3) is 3.25. The Morgan fingerprint density at radius 2 is 2.21 bits per heavy atom. The van der Waals surface area contributed by atoms with Gasteiger partial charge in [-0.15, -0.1) is 11.3 Å². The van der Waals surface area contributed by atoms with Gasteiger partial charge in [0.05, 0.1) is 23.5 Å². The van der Waals surface area contributed by atoms with E-state index in [0.717, 1.165) is 5.13 Å². The van der Waals surface area contributed by atoms with E-state index in [9.17, 15) is 4.79 Å². The van der Waals surface area contributed by atoms with E-state index in [0.29, 0.717) is 45.7 Å². The van der Waals surface area contributed by atoms with Crippen LogP contribution in [0.4, 0.5) is 5.13 Å². The summed E-state index contributed by atoms with van der Waals surface area (Å²) in [6.07, 6.45) is 0. The Morgan fingerprint density at radius 1 is 1.42 bits per heavy atom. The Balaban J connectivity index is 2.10. The van der Waals surface area contributed by atoms with Crippen molar-refractivity contribution < 1.29 is 4.74 Å². The number of aromatic amines is 1. The lowest BCUT2D eigenvalue weighted by Gasteiger charge is -2.09. The zero-order chi connectivity index (χ0) is 17.3. The minimum absolute atomic E-state index is 0.102. The number of pyridine rings is 1. The van der Waals surface area contributed by atoms with Crippen LogP contribution in [0.2, 0.25) is 5.02 Å². The van der Waals surface area contributed by atoms with E-state index in [1.165, 1.54) is 11.3 Å². The molecule has 2 N–H and O–H groups in total. The number of aromatic nitrogens is 2. The van der Waals surface area contributed by atoms with E-state index in [4.69, 9.17) is 16.3 Å². The van der Waals surface area contributed by atoms with Crippen molar-refractivity contribution >= 4 is 39.0 Å². The molecule has 0 radical (unpaired) electrons. The molecule has 0 aliphatic heterocycles. The fourth-order valence-corrected chi connectivity index (χ4v) is 3.50. The van der Waals surface area contributed by atoms with Crippen LogP contribution in [-0.4, -0.2) is 22.6 Å². The minimum atomic E-state index is -0.102. The topological polar surface area (TPSA) is 67.0 Å². The molecule has 0 saturated carbocycles. The Morgan fingerprint density at radius 3 is 2.92 bits per heavy atom. The summed E-state index contributed by atoms with van der Waals surface area (Å²) in [6.45, 7) is 6.49. The van der Waals surface area contributed by atoms with Crippen LogP contribution in [0.1, 0.15) is 20.8 Å². The number of benzene rings is 1. The van der Waals surface area contributed by atoms with Crippen molar-refractivity contribution in [1.29, 1.82) is 0 Å². The first-order valence-electron chi connectivity index (χ1n) is 7.70. The number of H-pyrrole nitrogens is 1. The lowest BCUT2D eigenvalue weighted by molar-refractivity contribution is 0.341. The molecule has 2 heterocycles. The molecule has 7 heteroatoms. The van der Waals surface area contributed by atoms with Crippen LogP contribution in [0.3, 0.4) is 0 Å². The number of anilines is 1. The van der Waals surface area contributed by atoms with Crippen LogP contribution in [-0.2, 0) is 0 Å². The lowest BCUT2D eigenvalue weighted by atomic mass is 10.1. The molecule has 24 heavy (non-hydrogen) atoms. The average Bonchev–Trinajstić information content (AvgIpc) is 2.98. The molecule has 2 aromatic heterocycles. The van der Waals surface area contributed by atoms with Crippen molar-refractivity contribution in [3.8, 4) is 17.1 Å². The van der Waals surface area contributed by atoms with Gasteiger partial charge in [0, 0.05) is 22.9 Å². The molecule has 3 aromatic rings. The third-order valence-electron chi connectivity index (χ3n) is 3.40. The highest BCUT2D eigenvalue weighted by atomic mass is 35.5. The second kappa shape index (κ2) is 6.83. The van der Waals surface area contributed by atoms with Gasteiger partial charge < -0.3 is 15.0 Å². The minimum Gasteiger partial charge on any atom is -0.492 e. The van der Waals surface area contributed by atoms with Gasteiger partial charge in [0.2, 0.25) is 0 Å². The van der Waals surface area contributed by atoms with Crippen LogP contribution >= 0.6 is 22.9 Å². The number of thiazole rings is 1. The molecule has 126 valence electrons. The fraction of sp³-hybridized carbons (Fsp3) is 0.294. The van der Waals surface area contributed by atoms with Crippen LogP contribution < -0.4 is 15.5 Å². The molecular formula is C17H18ClN3O2S. The van der Waals surface area contributed by atoms with Crippen molar-refractivity contribution in [1.82, 2.24) is 9.97 Å². The summed E-state index contributed by atoms with van der Waals surface area (Å²) in [5.74, 6) is 0.555. The standard InChI is InChI=1S/C17H18ClN3O2S/c1-4-23-14-6-5-10-13(22)7-11(20-16(10)15(14)18)12-8-24-17(21-12)19-9(2)3/h5-9H,4H2,1-3H3,(H,19,21)(H,20,22). The highest BCUT2D eigenvalue weighted by Gasteiger charge is 2.13. The van der Waals surface area contributed by atoms with Crippen LogP contribution in [0.15, 0.2) is 28.4 Å². The second-order valence-electron chi connectivity index (χ2n) is 5.62. The van der Waals surface area contributed by atoms with E-state index in [1.807, 2.05) is 26.2 Å². The maximum atomic E-state index is 12.4. The SMILES string of the molecule is CCOc1ccc2c(=O)cc(-c3csc(NC(C)C)n3)[nH]c2c1Cl. The maximum absolute atomic E-state index is 12.4. The van der Waals surface area contributed by atoms with Gasteiger partial charge in [-0.25, -0.2) is 4.98 Å². The Kier molecular flexibility index (Phi) is 4.78. The largest absolute Gasteiger partial charge is 0.492 e. The monoisotopic (exact) mass is 363 g/mol. The molecule has 0 bridgehead atoms. The summed E-state index contributed by atoms with van der Waals surface area (Å²) in [5, 5.41) is 6.91. The van der Waals surface area contributed by atoms with Crippen molar-refractivity contribution in [3.63, 3.8) is 0 Å². The predicted octanol–water partition coefficient (Wildman–Crippen LogP) is 4.52. The molecule has 5 nitrogen and oxygen atoms in total. The number of rotatable bonds is 5. The smallest absolute Gasteiger partial charge is 0.190 e. The van der Waals surface area contributed by atoms with E-state index in [2.05, 4.69) is 15.3 Å². The third-order valence-corrected chi connectivity index (χ3v) is 4.55. The number of nitrogens with one attached hydrogen (secondary N) is 2. The van der Waals surface area contributed by atoms with Gasteiger partial charge in [-0.1, -0.05) is 11.6 Å². The summed E-state index contributed by atoms with van der Waals surface area (Å²) in [6, 6.07) is 5.29. The molecule has 0 amide bonds. The molecule has 0 aliphatic carbocycles. The lowest BCUT2D eigenvalue weighted by Crippen LogP contribution is -2.09. The van der Waals surface area contributed by atoms with E-state index in [1.54, 1.807) is 18.2 Å². The van der Waals surface area contributed by atoms with Crippen molar-refractivity contribution in [2.24, 2.45) is 0 Å². The molecule has 0 fully saturated rings. The quantitative estimate of drug-likeness (QED) is 0.699. The summed E-state index contributed by atoms with van der Waals surface area (Å²) in [7, 11) is 0. The van der Waals surface area contributed by atoms with Crippen LogP contribution in [0, 0.1) is 0 Å². The highest BCUT2D eigenvalue weighted by molar-refractivity contribution is 7.14. The molecule has 0 saturated heterocycles. The van der Waals surface area contributed by atoms with Gasteiger partial charge in [-0.2, -0.15) is 0 Å². The van der Waals surface area contributed by atoms with Gasteiger partial charge in [0.25, 0.3) is 0 Å². The van der Waals surface area contributed by atoms with Crippen LogP contribution in [0.25, 0.3) is 22.3 Å². The Bertz CT molecular complexity index is 933. The highest BCUT2D eigenvalue weighted by Crippen LogP contribution is 2.32. The normalized spacial score (nSPS) is 11.2. The van der Waals surface area contributed by atoms with Gasteiger partial charge in [-0.05, 0) is 32.9 Å². The van der Waals surface area contributed by atoms with Gasteiger partial charge in [0.15, 0.2) is 10.6 Å². The molecule has 0 aliphatic rings. The first-order chi connectivity index (χ1) is 11.5. The first kappa shape index (κ1) is 16.8. The molecule has 1 aromatic carbocycles. The summed E-state index contributed by atoms with van der Waals surface area (Å²) < 4.78 is 5.50. The van der Waals surface area contributed by atoms with E-state index in [-0.39, 0.29) is 5.43 Å². The molecule has 0 unspecified atom stereocenters. The molecule has 0 spiro atoms. The summed E-state index contributed by atoms with van der Waals surface area (Å²) >= 11 is 7.90. The maximum Gasteiger partial charge on any atom is 0.190 e. The van der Waals surface area contributed by atoms with Gasteiger partial charge in [0.1, 0.15) is 10.8 Å². The van der Waals surface area contributed by atoms with Crippen molar-refractivity contribution in [2.75, 3.05) is 11.9 Å². The summed E-state index contributed by atoms with van der Waals surface area (Å²) in [5.41, 5.74) is 1.81.